The maximum Gasteiger partial charge on any atom is 0.435 e. The van der Waals surface area contributed by atoms with Crippen molar-refractivity contribution in [2.24, 2.45) is 7.05 Å². The fourth-order valence-corrected chi connectivity index (χ4v) is 6.80. The Morgan fingerprint density at radius 2 is 1.75 bits per heavy atom. The zero-order chi connectivity index (χ0) is 36.8. The van der Waals surface area contributed by atoms with E-state index >= 15 is 0 Å². The number of nitrogens with zero attached hydrogens (tertiary/aromatic N) is 8. The number of alkyl halides is 3. The third kappa shape index (κ3) is 7.13. The van der Waals surface area contributed by atoms with Crippen LogP contribution in [0.2, 0.25) is 5.02 Å². The van der Waals surface area contributed by atoms with Gasteiger partial charge < -0.3 is 34.0 Å². The Kier molecular flexibility index (Phi) is 9.56. The second kappa shape index (κ2) is 13.6. The van der Waals surface area contributed by atoms with E-state index in [1.807, 2.05) is 14.1 Å². The monoisotopic (exact) mass is 730 g/mol. The van der Waals surface area contributed by atoms with E-state index in [9.17, 15) is 32.7 Å². The van der Waals surface area contributed by atoms with Crippen molar-refractivity contribution >= 4 is 35.0 Å². The molecule has 2 aliphatic heterocycles. The molecular weight excluding hydrogens is 695 g/mol. The highest BCUT2D eigenvalue weighted by Gasteiger charge is 2.47. The Balaban J connectivity index is 1.13. The number of amides is 3. The molecule has 0 bridgehead atoms. The van der Waals surface area contributed by atoms with Crippen molar-refractivity contribution in [1.29, 1.82) is 0 Å². The van der Waals surface area contributed by atoms with Crippen LogP contribution in [0.1, 0.15) is 33.1 Å². The van der Waals surface area contributed by atoms with E-state index in [0.717, 1.165) is 17.1 Å². The van der Waals surface area contributed by atoms with Gasteiger partial charge in [-0.25, -0.2) is 14.6 Å². The number of hydrogen-bond donors (Lipinski definition) is 2. The number of aliphatic hydroxyl groups is 1. The molecule has 2 aliphatic rings. The smallest absolute Gasteiger partial charge is 0.435 e. The number of likely N-dealkylation sites (tertiary alicyclic amines) is 1. The Morgan fingerprint density at radius 1 is 1.04 bits per heavy atom. The number of piperazine rings is 1. The van der Waals surface area contributed by atoms with Crippen LogP contribution in [0.4, 0.5) is 18.9 Å². The highest BCUT2D eigenvalue weighted by molar-refractivity contribution is 6.34. The molecule has 2 saturated heterocycles. The lowest BCUT2D eigenvalue weighted by Gasteiger charge is -2.38. The summed E-state index contributed by atoms with van der Waals surface area (Å²) < 4.78 is 49.9. The van der Waals surface area contributed by atoms with E-state index in [1.54, 1.807) is 9.80 Å². The number of aliphatic hydroxyl groups excluding tert-OH is 1. The number of likely N-dealkylation sites (N-methyl/N-ethyl adjacent to an activating group) is 1. The molecule has 18 heteroatoms. The number of carbonyl (C=O) groups is 3. The Labute approximate surface area is 295 Å². The molecule has 5 heterocycles. The van der Waals surface area contributed by atoms with Gasteiger partial charge in [-0.2, -0.15) is 18.3 Å². The lowest BCUT2D eigenvalue weighted by atomic mass is 10.1. The lowest BCUT2D eigenvalue weighted by Crippen LogP contribution is -2.58. The number of benzene rings is 1. The molecule has 0 saturated carbocycles. The molecular formula is C33H36ClF3N9O5+. The summed E-state index contributed by atoms with van der Waals surface area (Å²) in [6.45, 7) is 1.80. The largest absolute Gasteiger partial charge is 0.495 e. The summed E-state index contributed by atoms with van der Waals surface area (Å²) in [5, 5.41) is 16.5. The van der Waals surface area contributed by atoms with Crippen LogP contribution in [0, 0.1) is 0 Å². The molecule has 270 valence electrons. The normalized spacial score (nSPS) is 18.9. The zero-order valence-electron chi connectivity index (χ0n) is 28.2. The first kappa shape index (κ1) is 35.8. The average molecular weight is 731 g/mol. The number of aromatic nitrogens is 5. The predicted molar refractivity (Wildman–Crippen MR) is 178 cm³/mol. The van der Waals surface area contributed by atoms with Gasteiger partial charge in [-0.05, 0) is 30.3 Å². The van der Waals surface area contributed by atoms with Crippen molar-refractivity contribution in [3.8, 4) is 22.8 Å². The second-order valence-corrected chi connectivity index (χ2v) is 13.5. The van der Waals surface area contributed by atoms with Crippen LogP contribution in [-0.4, -0.2) is 128 Å². The van der Waals surface area contributed by atoms with Gasteiger partial charge in [-0.1, -0.05) is 11.6 Å². The van der Waals surface area contributed by atoms with Gasteiger partial charge in [-0.3, -0.25) is 14.4 Å². The quantitative estimate of drug-likeness (QED) is 0.276. The molecule has 0 unspecified atom stereocenters. The van der Waals surface area contributed by atoms with E-state index in [1.165, 1.54) is 55.3 Å². The van der Waals surface area contributed by atoms with Gasteiger partial charge >= 0.3 is 6.18 Å². The summed E-state index contributed by atoms with van der Waals surface area (Å²) in [7, 11) is 6.69. The number of hydrogen-bond acceptors (Lipinski definition) is 8. The lowest BCUT2D eigenvalue weighted by molar-refractivity contribution is -0.894. The maximum atomic E-state index is 14.1. The van der Waals surface area contributed by atoms with Gasteiger partial charge in [-0.15, -0.1) is 0 Å². The number of rotatable bonds is 7. The molecule has 6 rings (SSSR count). The molecule has 3 amide bonds. The molecule has 0 spiro atoms. The first-order valence-electron chi connectivity index (χ1n) is 16.0. The standard InChI is InChI=1S/C33H35ClF3N9O5/c1-42-25(23-17-45(41-28(23)33(35,36)37)27-8-6-21(51-4)15-38-27)16-39-29(42)30(48)40-19-5-7-22(24(34)13-19)31(49)43-9-11-44(12-10-43)32(50)26-14-20(47)18-46(26,2)3/h5-8,13,15-17,20,26,47H,9-12,14,18H2,1-4H3/p+1/t20-,26+/m1/s1. The van der Waals surface area contributed by atoms with E-state index < -0.39 is 23.9 Å². The third-order valence-corrected chi connectivity index (χ3v) is 9.60. The summed E-state index contributed by atoms with van der Waals surface area (Å²) in [4.78, 5) is 51.3. The number of nitrogens with one attached hydrogen (secondary N) is 1. The maximum absolute atomic E-state index is 14.1. The average Bonchev–Trinajstić information content (AvgIpc) is 3.78. The highest BCUT2D eigenvalue weighted by Crippen LogP contribution is 2.37. The van der Waals surface area contributed by atoms with E-state index in [4.69, 9.17) is 16.3 Å². The van der Waals surface area contributed by atoms with Gasteiger partial charge in [0.05, 0.1) is 55.4 Å². The van der Waals surface area contributed by atoms with Crippen LogP contribution in [0.25, 0.3) is 17.1 Å². The number of methoxy groups -OCH3 is 1. The molecule has 2 atom stereocenters. The van der Waals surface area contributed by atoms with Crippen molar-refractivity contribution in [2.45, 2.75) is 24.7 Å². The highest BCUT2D eigenvalue weighted by atomic mass is 35.5. The van der Waals surface area contributed by atoms with Crippen molar-refractivity contribution in [2.75, 3.05) is 59.2 Å². The molecule has 4 aromatic rings. The number of anilines is 1. The molecule has 14 nitrogen and oxygen atoms in total. The van der Waals surface area contributed by atoms with Gasteiger partial charge in [0, 0.05) is 51.5 Å². The zero-order valence-corrected chi connectivity index (χ0v) is 28.9. The van der Waals surface area contributed by atoms with Crippen molar-refractivity contribution < 1.29 is 41.9 Å². The van der Waals surface area contributed by atoms with Crippen LogP contribution >= 0.6 is 11.6 Å². The number of ether oxygens (including phenoxy) is 1. The number of quaternary nitrogens is 1. The van der Waals surface area contributed by atoms with E-state index in [-0.39, 0.29) is 57.0 Å². The van der Waals surface area contributed by atoms with Gasteiger partial charge in [0.25, 0.3) is 17.7 Å². The summed E-state index contributed by atoms with van der Waals surface area (Å²) in [5.41, 5.74) is -1.09. The van der Waals surface area contributed by atoms with Crippen molar-refractivity contribution in [1.82, 2.24) is 34.1 Å². The second-order valence-electron chi connectivity index (χ2n) is 13.0. The summed E-state index contributed by atoms with van der Waals surface area (Å²) in [5.74, 6) is -0.755. The van der Waals surface area contributed by atoms with E-state index in [0.29, 0.717) is 49.4 Å². The number of pyridine rings is 1. The summed E-state index contributed by atoms with van der Waals surface area (Å²) in [6.07, 6.45) is -1.30. The third-order valence-electron chi connectivity index (χ3n) is 9.28. The summed E-state index contributed by atoms with van der Waals surface area (Å²) in [6, 6.07) is 7.01. The van der Waals surface area contributed by atoms with Gasteiger partial charge in [0.15, 0.2) is 23.4 Å². The fourth-order valence-electron chi connectivity index (χ4n) is 6.54. The van der Waals surface area contributed by atoms with Crippen molar-refractivity contribution in [3.63, 3.8) is 0 Å². The summed E-state index contributed by atoms with van der Waals surface area (Å²) >= 11 is 6.49. The Bertz CT molecular complexity index is 1970. The van der Waals surface area contributed by atoms with Crippen LogP contribution in [0.5, 0.6) is 5.75 Å². The minimum absolute atomic E-state index is 0.0170. The van der Waals surface area contributed by atoms with Crippen LogP contribution in [0.3, 0.4) is 0 Å². The van der Waals surface area contributed by atoms with Crippen LogP contribution in [0.15, 0.2) is 48.9 Å². The molecule has 1 aromatic carbocycles. The van der Waals surface area contributed by atoms with Crippen molar-refractivity contribution in [3.05, 3.63) is 71.0 Å². The molecule has 3 aromatic heterocycles. The van der Waals surface area contributed by atoms with Gasteiger partial charge in [0.2, 0.25) is 0 Å². The molecule has 51 heavy (non-hydrogen) atoms. The Morgan fingerprint density at radius 3 is 2.33 bits per heavy atom. The van der Waals surface area contributed by atoms with Crippen LogP contribution in [-0.2, 0) is 18.0 Å². The number of imidazole rings is 1. The topological polar surface area (TPSA) is 148 Å². The molecule has 2 N–H and O–H groups in total. The minimum Gasteiger partial charge on any atom is -0.495 e. The predicted octanol–water partition coefficient (Wildman–Crippen LogP) is 3.09. The number of halogens is 4. The molecule has 0 radical (unpaired) electrons. The first-order chi connectivity index (χ1) is 24.1. The SMILES string of the molecule is COc1ccc(-n2cc(-c3cnc(C(=O)Nc4ccc(C(=O)N5CCN(C(=O)[C@@H]6C[C@@H](O)C[N+]6(C)C)CC5)c(Cl)c4)n3C)c(C(F)(F)F)n2)nc1. The molecule has 0 aliphatic carbocycles. The Hall–Kier alpha value is -5.00. The van der Waals surface area contributed by atoms with Crippen LogP contribution < -0.4 is 10.1 Å². The molecule has 2 fully saturated rings. The van der Waals surface area contributed by atoms with Gasteiger partial charge in [0.1, 0.15) is 18.4 Å². The number of carbonyl (C=O) groups excluding carboxylic acids is 3. The van der Waals surface area contributed by atoms with E-state index in [2.05, 4.69) is 20.4 Å². The minimum atomic E-state index is -4.82. The fraction of sp³-hybridized carbons (Fsp3) is 0.394. The first-order valence-corrected chi connectivity index (χ1v) is 16.3.